The van der Waals surface area contributed by atoms with E-state index >= 15 is 0 Å². The van der Waals surface area contributed by atoms with Gasteiger partial charge in [-0.3, -0.25) is 9.36 Å². The van der Waals surface area contributed by atoms with Gasteiger partial charge in [-0.05, 0) is 51.3 Å². The van der Waals surface area contributed by atoms with Crippen LogP contribution in [0.15, 0.2) is 24.3 Å². The second-order valence-electron chi connectivity index (χ2n) is 5.69. The van der Waals surface area contributed by atoms with E-state index in [-0.39, 0.29) is 26.2 Å². The van der Waals surface area contributed by atoms with E-state index in [2.05, 4.69) is 6.92 Å². The van der Waals surface area contributed by atoms with Crippen LogP contribution in [0.4, 0.5) is 0 Å². The summed E-state index contributed by atoms with van der Waals surface area (Å²) in [5, 5.41) is 0. The molecule has 1 aromatic rings. The van der Waals surface area contributed by atoms with Crippen LogP contribution in [-0.2, 0) is 29.6 Å². The van der Waals surface area contributed by atoms with Crippen LogP contribution in [0.25, 0.3) is 0 Å². The summed E-state index contributed by atoms with van der Waals surface area (Å²) in [6.07, 6.45) is 2.29. The first kappa shape index (κ1) is 22.7. The Labute approximate surface area is 156 Å². The van der Waals surface area contributed by atoms with Crippen LogP contribution in [0.3, 0.4) is 0 Å². The molecule has 26 heavy (non-hydrogen) atoms. The first-order chi connectivity index (χ1) is 12.5. The van der Waals surface area contributed by atoms with Crippen molar-refractivity contribution >= 4 is 13.6 Å². The Balaban J connectivity index is 2.94. The van der Waals surface area contributed by atoms with Gasteiger partial charge in [-0.1, -0.05) is 25.5 Å². The molecule has 0 aliphatic carbocycles. The fourth-order valence-corrected chi connectivity index (χ4v) is 4.34. The molecule has 7 heteroatoms. The number of unbranched alkanes of at least 4 members (excludes halogenated alkanes) is 1. The fourth-order valence-electron chi connectivity index (χ4n) is 2.42. The molecule has 0 aromatic heterocycles. The Morgan fingerprint density at radius 3 is 2.12 bits per heavy atom. The summed E-state index contributed by atoms with van der Waals surface area (Å²) in [6.45, 7) is 8.52. The Morgan fingerprint density at radius 2 is 1.62 bits per heavy atom. The summed E-state index contributed by atoms with van der Waals surface area (Å²) in [5.41, 5.74) is -0.153. The van der Waals surface area contributed by atoms with Gasteiger partial charge in [0.15, 0.2) is 5.66 Å². The molecular weight excluding hydrogens is 355 g/mol. The predicted molar refractivity (Wildman–Crippen MR) is 102 cm³/mol. The van der Waals surface area contributed by atoms with Gasteiger partial charge in [0.05, 0.1) is 26.4 Å². The quantitative estimate of drug-likeness (QED) is 0.280. The Bertz CT molecular complexity index is 562. The van der Waals surface area contributed by atoms with E-state index in [0.717, 1.165) is 24.2 Å². The number of ether oxygens (including phenoxy) is 2. The van der Waals surface area contributed by atoms with Crippen molar-refractivity contribution in [1.82, 2.24) is 0 Å². The molecule has 0 amide bonds. The van der Waals surface area contributed by atoms with Crippen molar-refractivity contribution in [2.75, 3.05) is 26.4 Å². The van der Waals surface area contributed by atoms with Crippen LogP contribution in [0, 0.1) is 0 Å². The van der Waals surface area contributed by atoms with Crippen LogP contribution in [0.5, 0.6) is 5.75 Å². The maximum Gasteiger partial charge on any atom is 0.345 e. The number of hydrogen-bond acceptors (Lipinski definition) is 6. The Morgan fingerprint density at radius 1 is 1.00 bits per heavy atom. The largest absolute Gasteiger partial charge is 0.494 e. The lowest BCUT2D eigenvalue weighted by Crippen LogP contribution is -2.28. The van der Waals surface area contributed by atoms with E-state index in [0.29, 0.717) is 6.61 Å². The molecule has 0 heterocycles. The number of carbonyl (C=O) groups excluding carboxylic acids is 1. The van der Waals surface area contributed by atoms with E-state index in [1.54, 1.807) is 20.8 Å². The second kappa shape index (κ2) is 12.1. The summed E-state index contributed by atoms with van der Waals surface area (Å²) in [4.78, 5) is 12.4. The lowest BCUT2D eigenvalue weighted by atomic mass is 10.1. The number of benzene rings is 1. The molecule has 0 fully saturated rings. The van der Waals surface area contributed by atoms with E-state index in [9.17, 15) is 9.36 Å². The molecule has 0 N–H and O–H groups in total. The number of rotatable bonds is 13. The van der Waals surface area contributed by atoms with E-state index in [1.165, 1.54) is 0 Å². The lowest BCUT2D eigenvalue weighted by Gasteiger charge is -2.25. The van der Waals surface area contributed by atoms with Gasteiger partial charge in [-0.25, -0.2) is 0 Å². The maximum absolute atomic E-state index is 13.1. The van der Waals surface area contributed by atoms with Crippen LogP contribution in [0.2, 0.25) is 0 Å². The summed E-state index contributed by atoms with van der Waals surface area (Å²) in [6, 6.07) is 7.41. The van der Waals surface area contributed by atoms with Crippen LogP contribution in [-0.4, -0.2) is 38.1 Å². The van der Waals surface area contributed by atoms with Gasteiger partial charge in [0.2, 0.25) is 0 Å². The van der Waals surface area contributed by atoms with Gasteiger partial charge in [-0.2, -0.15) is 0 Å². The zero-order valence-corrected chi connectivity index (χ0v) is 17.1. The number of carbonyl (C=O) groups is 1. The Hall–Kier alpha value is -1.36. The summed E-state index contributed by atoms with van der Waals surface area (Å²) < 4.78 is 34.6. The van der Waals surface area contributed by atoms with Gasteiger partial charge in [0.25, 0.3) is 0 Å². The van der Waals surface area contributed by atoms with Crippen molar-refractivity contribution in [3.63, 3.8) is 0 Å². The average Bonchev–Trinajstić information content (AvgIpc) is 2.61. The third-order valence-corrected chi connectivity index (χ3v) is 6.07. The highest BCUT2D eigenvalue weighted by Gasteiger charge is 2.42. The number of hydrogen-bond donors (Lipinski definition) is 0. The van der Waals surface area contributed by atoms with Crippen molar-refractivity contribution in [2.24, 2.45) is 0 Å². The van der Waals surface area contributed by atoms with E-state index in [1.807, 2.05) is 24.3 Å². The van der Waals surface area contributed by atoms with Gasteiger partial charge in [0, 0.05) is 0 Å². The molecule has 6 nitrogen and oxygen atoms in total. The summed E-state index contributed by atoms with van der Waals surface area (Å²) >= 11 is 0. The topological polar surface area (TPSA) is 71.1 Å². The molecule has 0 saturated heterocycles. The highest BCUT2D eigenvalue weighted by atomic mass is 31.2. The van der Waals surface area contributed by atoms with Crippen LogP contribution in [0.1, 0.15) is 46.1 Å². The highest BCUT2D eigenvalue weighted by molar-refractivity contribution is 7.55. The molecule has 0 bridgehead atoms. The lowest BCUT2D eigenvalue weighted by molar-refractivity contribution is -0.143. The van der Waals surface area contributed by atoms with E-state index in [4.69, 9.17) is 18.5 Å². The maximum atomic E-state index is 13.1. The zero-order valence-electron chi connectivity index (χ0n) is 16.2. The second-order valence-corrected chi connectivity index (χ2v) is 7.91. The van der Waals surface area contributed by atoms with Crippen molar-refractivity contribution in [3.05, 3.63) is 29.8 Å². The minimum Gasteiger partial charge on any atom is -0.494 e. The molecule has 0 saturated carbocycles. The van der Waals surface area contributed by atoms with Crippen LogP contribution >= 0.6 is 7.60 Å². The average molecular weight is 386 g/mol. The van der Waals surface area contributed by atoms with Gasteiger partial charge < -0.3 is 18.5 Å². The van der Waals surface area contributed by atoms with Crippen molar-refractivity contribution in [3.8, 4) is 5.75 Å². The molecule has 0 spiro atoms. The molecule has 148 valence electrons. The minimum absolute atomic E-state index is 0.192. The smallest absolute Gasteiger partial charge is 0.345 e. The molecule has 1 unspecified atom stereocenters. The van der Waals surface area contributed by atoms with Crippen molar-refractivity contribution in [2.45, 2.75) is 52.6 Å². The SMILES string of the molecule is CCCCOc1ccc(CC(C(=O)OCC)P(=O)(OCC)OCC)cc1. The van der Waals surface area contributed by atoms with Crippen LogP contribution < -0.4 is 4.74 Å². The standard InChI is InChI=1S/C19H31O6P/c1-5-9-14-23-17-12-10-16(11-13-17)15-18(19(20)22-6-2)26(21,24-7-3)25-8-4/h10-13,18H,5-9,14-15H2,1-4H3. The molecule has 0 aliphatic rings. The fraction of sp³-hybridized carbons (Fsp3) is 0.632. The third kappa shape index (κ3) is 7.10. The molecule has 1 atom stereocenters. The zero-order chi connectivity index (χ0) is 19.4. The van der Waals surface area contributed by atoms with Gasteiger partial charge in [0.1, 0.15) is 5.75 Å². The predicted octanol–water partition coefficient (Wildman–Crippen LogP) is 4.61. The van der Waals surface area contributed by atoms with Gasteiger partial charge in [-0.15, -0.1) is 0 Å². The Kier molecular flexibility index (Phi) is 10.6. The molecule has 1 aromatic carbocycles. The number of esters is 1. The third-order valence-electron chi connectivity index (χ3n) is 3.68. The highest BCUT2D eigenvalue weighted by Crippen LogP contribution is 2.54. The molecule has 0 radical (unpaired) electrons. The monoisotopic (exact) mass is 386 g/mol. The van der Waals surface area contributed by atoms with Crippen molar-refractivity contribution in [1.29, 1.82) is 0 Å². The first-order valence-corrected chi connectivity index (χ1v) is 10.9. The molecular formula is C19H31O6P. The summed E-state index contributed by atoms with van der Waals surface area (Å²) in [5.74, 6) is 0.202. The van der Waals surface area contributed by atoms with E-state index < -0.39 is 19.2 Å². The first-order valence-electron chi connectivity index (χ1n) is 9.27. The molecule has 0 aliphatic heterocycles. The normalized spacial score (nSPS) is 12.6. The van der Waals surface area contributed by atoms with Gasteiger partial charge >= 0.3 is 13.6 Å². The minimum atomic E-state index is -3.62. The summed E-state index contributed by atoms with van der Waals surface area (Å²) in [7, 11) is -3.62. The van der Waals surface area contributed by atoms with Crippen molar-refractivity contribution < 1.29 is 27.9 Å². The molecule has 1 rings (SSSR count).